The van der Waals surface area contributed by atoms with Crippen molar-refractivity contribution in [3.05, 3.63) is 39.9 Å². The van der Waals surface area contributed by atoms with E-state index in [9.17, 15) is 37.6 Å². The summed E-state index contributed by atoms with van der Waals surface area (Å²) in [5, 5.41) is 28.5. The van der Waals surface area contributed by atoms with Gasteiger partial charge >= 0.3 is 11.9 Å². The third-order valence-corrected chi connectivity index (χ3v) is 7.88. The number of non-ortho nitro benzene ring substituents is 1. The number of sulfonamides is 1. The summed E-state index contributed by atoms with van der Waals surface area (Å²) in [7, 11) is -8.54. The van der Waals surface area contributed by atoms with Crippen LogP contribution in [-0.2, 0) is 29.9 Å². The van der Waals surface area contributed by atoms with E-state index in [2.05, 4.69) is 0 Å². The highest BCUT2D eigenvalue weighted by atomic mass is 32.2. The number of carboxylic acid groups (broad SMARTS) is 2. The van der Waals surface area contributed by atoms with Gasteiger partial charge in [-0.2, -0.15) is 0 Å². The summed E-state index contributed by atoms with van der Waals surface area (Å²) in [6.45, 7) is 1.09. The van der Waals surface area contributed by atoms with Gasteiger partial charge in [-0.05, 0) is 18.9 Å². The van der Waals surface area contributed by atoms with Gasteiger partial charge in [-0.15, -0.1) is 0 Å². The van der Waals surface area contributed by atoms with Crippen molar-refractivity contribution >= 4 is 35.0 Å². The number of carbonyl (C=O) groups is 2. The third-order valence-electron chi connectivity index (χ3n) is 3.97. The predicted molar refractivity (Wildman–Crippen MR) is 101 cm³/mol. The standard InChI is InChI=1S/C15H21N2O10PS/c1-10(28(24,25)8-12(15(20)21)5-6-14(18)19)16-29(26,27)9-11-3-2-4-13(7-11)17(22)23/h2-4,7,10,12,16H,5-6,8-9H2,1H3,(H,18,19)(H,20,21)(H,24,25). The molecule has 0 saturated carbocycles. The molecule has 0 fully saturated rings. The summed E-state index contributed by atoms with van der Waals surface area (Å²) >= 11 is 0. The second-order valence-electron chi connectivity index (χ2n) is 6.39. The molecule has 0 bridgehead atoms. The van der Waals surface area contributed by atoms with E-state index in [0.717, 1.165) is 13.0 Å². The van der Waals surface area contributed by atoms with E-state index >= 15 is 0 Å². The number of nitro groups is 1. The van der Waals surface area contributed by atoms with Crippen LogP contribution >= 0.6 is 7.37 Å². The first-order chi connectivity index (χ1) is 13.2. The Morgan fingerprint density at radius 2 is 1.93 bits per heavy atom. The van der Waals surface area contributed by atoms with Crippen LogP contribution in [0, 0.1) is 16.0 Å². The van der Waals surface area contributed by atoms with E-state index in [-0.39, 0.29) is 17.7 Å². The van der Waals surface area contributed by atoms with Gasteiger partial charge in [-0.25, -0.2) is 13.1 Å². The molecule has 1 aromatic rings. The van der Waals surface area contributed by atoms with Crippen LogP contribution in [0.2, 0.25) is 0 Å². The Balaban J connectivity index is 2.87. The van der Waals surface area contributed by atoms with Gasteiger partial charge in [0.1, 0.15) is 0 Å². The first-order valence-corrected chi connectivity index (χ1v) is 11.8. The van der Waals surface area contributed by atoms with Gasteiger partial charge in [-0.3, -0.25) is 24.3 Å². The summed E-state index contributed by atoms with van der Waals surface area (Å²) in [5.74, 6) is -6.41. The van der Waals surface area contributed by atoms with Gasteiger partial charge in [0.15, 0.2) is 0 Å². The zero-order valence-corrected chi connectivity index (χ0v) is 17.0. The number of benzene rings is 1. The monoisotopic (exact) mass is 452 g/mol. The zero-order chi connectivity index (χ0) is 22.4. The smallest absolute Gasteiger partial charge is 0.307 e. The van der Waals surface area contributed by atoms with Gasteiger partial charge in [0, 0.05) is 24.7 Å². The first-order valence-electron chi connectivity index (χ1n) is 8.23. The number of nitro benzene ring substituents is 1. The van der Waals surface area contributed by atoms with E-state index in [0.29, 0.717) is 0 Å². The highest BCUT2D eigenvalue weighted by Crippen LogP contribution is 2.47. The van der Waals surface area contributed by atoms with E-state index in [1.54, 1.807) is 0 Å². The van der Waals surface area contributed by atoms with Crippen molar-refractivity contribution in [2.24, 2.45) is 5.92 Å². The number of rotatable bonds is 12. The number of hydrogen-bond donors (Lipinski definition) is 4. The van der Waals surface area contributed by atoms with Crippen molar-refractivity contribution in [3.63, 3.8) is 0 Å². The van der Waals surface area contributed by atoms with E-state index < -0.39 is 64.3 Å². The number of carboxylic acids is 2. The fourth-order valence-electron chi connectivity index (χ4n) is 2.43. The van der Waals surface area contributed by atoms with Crippen LogP contribution in [-0.4, -0.2) is 52.3 Å². The van der Waals surface area contributed by atoms with Crippen LogP contribution in [0.4, 0.5) is 5.69 Å². The summed E-state index contributed by atoms with van der Waals surface area (Å²) in [4.78, 5) is 42.0. The Morgan fingerprint density at radius 1 is 1.31 bits per heavy atom. The molecular weight excluding hydrogens is 431 g/mol. The van der Waals surface area contributed by atoms with Crippen molar-refractivity contribution in [1.82, 2.24) is 4.72 Å². The fourth-order valence-corrected chi connectivity index (χ4v) is 6.08. The van der Waals surface area contributed by atoms with Crippen LogP contribution in [0.1, 0.15) is 25.3 Å². The van der Waals surface area contributed by atoms with Crippen molar-refractivity contribution in [2.75, 3.05) is 6.16 Å². The molecule has 3 unspecified atom stereocenters. The largest absolute Gasteiger partial charge is 0.481 e. The van der Waals surface area contributed by atoms with Gasteiger partial charge in [0.2, 0.25) is 17.4 Å². The molecule has 29 heavy (non-hydrogen) atoms. The molecule has 0 aromatic heterocycles. The SMILES string of the molecule is CC(NS(=O)(=O)Cc1cccc([N+](=O)[O-])c1)P(=O)(O)CC(CCC(=O)O)C(=O)O. The van der Waals surface area contributed by atoms with E-state index in [4.69, 9.17) is 10.2 Å². The average Bonchev–Trinajstić information content (AvgIpc) is 2.57. The molecular formula is C15H21N2O10PS. The summed E-state index contributed by atoms with van der Waals surface area (Å²) < 4.78 is 39.0. The van der Waals surface area contributed by atoms with Gasteiger partial charge in [0.25, 0.3) is 5.69 Å². The van der Waals surface area contributed by atoms with Gasteiger partial charge in [-0.1, -0.05) is 12.1 Å². The molecule has 0 spiro atoms. The number of nitrogens with one attached hydrogen (secondary N) is 1. The Kier molecular flexibility index (Phi) is 8.45. The van der Waals surface area contributed by atoms with Crippen LogP contribution in [0.3, 0.4) is 0 Å². The topological polar surface area (TPSA) is 201 Å². The van der Waals surface area contributed by atoms with E-state index in [1.165, 1.54) is 18.2 Å². The maximum atomic E-state index is 12.5. The third kappa shape index (κ3) is 8.28. The molecule has 1 aromatic carbocycles. The number of nitrogens with zero attached hydrogens (tertiary/aromatic N) is 1. The van der Waals surface area contributed by atoms with Crippen LogP contribution in [0.25, 0.3) is 0 Å². The molecule has 0 amide bonds. The number of aliphatic carboxylic acids is 2. The lowest BCUT2D eigenvalue weighted by Crippen LogP contribution is -2.35. The fraction of sp³-hybridized carbons (Fsp3) is 0.467. The Morgan fingerprint density at radius 3 is 2.45 bits per heavy atom. The Labute approximate surface area is 166 Å². The maximum absolute atomic E-state index is 12.5. The highest BCUT2D eigenvalue weighted by molar-refractivity contribution is 7.89. The second-order valence-corrected chi connectivity index (χ2v) is 10.8. The molecule has 3 atom stereocenters. The minimum atomic E-state index is -4.35. The molecule has 0 aliphatic carbocycles. The molecule has 14 heteroatoms. The van der Waals surface area contributed by atoms with Crippen LogP contribution in [0.5, 0.6) is 0 Å². The predicted octanol–water partition coefficient (Wildman–Crippen LogP) is 1.20. The first kappa shape index (κ1) is 24.7. The molecule has 12 nitrogen and oxygen atoms in total. The average molecular weight is 452 g/mol. The maximum Gasteiger partial charge on any atom is 0.307 e. The molecule has 0 radical (unpaired) electrons. The Hall–Kier alpha value is -2.34. The number of hydrogen-bond acceptors (Lipinski definition) is 7. The molecule has 1 rings (SSSR count). The minimum absolute atomic E-state index is 0.0801. The van der Waals surface area contributed by atoms with Crippen molar-refractivity contribution in [2.45, 2.75) is 31.3 Å². The van der Waals surface area contributed by atoms with Gasteiger partial charge < -0.3 is 15.1 Å². The van der Waals surface area contributed by atoms with Crippen molar-refractivity contribution < 1.29 is 42.6 Å². The zero-order valence-electron chi connectivity index (χ0n) is 15.3. The minimum Gasteiger partial charge on any atom is -0.481 e. The summed E-state index contributed by atoms with van der Waals surface area (Å²) in [5.41, 5.74) is -0.238. The van der Waals surface area contributed by atoms with E-state index in [1.807, 2.05) is 4.72 Å². The molecule has 162 valence electrons. The normalized spacial score (nSPS) is 15.8. The Bertz CT molecular complexity index is 933. The second kappa shape index (κ2) is 9.92. The van der Waals surface area contributed by atoms with Gasteiger partial charge in [0.05, 0.1) is 22.4 Å². The summed E-state index contributed by atoms with van der Waals surface area (Å²) in [6.07, 6.45) is -1.72. The summed E-state index contributed by atoms with van der Waals surface area (Å²) in [6, 6.07) is 4.86. The lowest BCUT2D eigenvalue weighted by atomic mass is 10.1. The quantitative estimate of drug-likeness (QED) is 0.203. The lowest BCUT2D eigenvalue weighted by Gasteiger charge is -2.23. The lowest BCUT2D eigenvalue weighted by molar-refractivity contribution is -0.384. The molecule has 0 heterocycles. The highest BCUT2D eigenvalue weighted by Gasteiger charge is 2.36. The molecule has 0 aliphatic heterocycles. The molecule has 4 N–H and O–H groups in total. The molecule has 0 saturated heterocycles. The molecule has 0 aliphatic rings. The van der Waals surface area contributed by atoms with Crippen LogP contribution in [0.15, 0.2) is 24.3 Å². The van der Waals surface area contributed by atoms with Crippen molar-refractivity contribution in [1.29, 1.82) is 0 Å². The van der Waals surface area contributed by atoms with Crippen LogP contribution < -0.4 is 4.72 Å². The van der Waals surface area contributed by atoms with Crippen molar-refractivity contribution in [3.8, 4) is 0 Å².